The SMILES string of the molecule is O=C1NCCc2[nH]c(-c3ccnc(-c4ccc(OCC(=O)N5CCCCC5)c(F)c4)c3)cc21. The second-order valence-corrected chi connectivity index (χ2v) is 8.39. The van der Waals surface area contributed by atoms with Crippen LogP contribution in [0.15, 0.2) is 42.6 Å². The number of piperidine rings is 1. The predicted molar refractivity (Wildman–Crippen MR) is 121 cm³/mol. The van der Waals surface area contributed by atoms with E-state index in [1.165, 1.54) is 12.1 Å². The minimum Gasteiger partial charge on any atom is -0.481 e. The van der Waals surface area contributed by atoms with Gasteiger partial charge in [0, 0.05) is 54.8 Å². The fraction of sp³-hybridized carbons (Fsp3) is 0.320. The van der Waals surface area contributed by atoms with Crippen molar-refractivity contribution in [2.45, 2.75) is 25.7 Å². The molecule has 1 aromatic carbocycles. The number of ether oxygens (including phenoxy) is 1. The van der Waals surface area contributed by atoms with Gasteiger partial charge in [0.05, 0.1) is 11.3 Å². The van der Waals surface area contributed by atoms with Crippen molar-refractivity contribution in [2.24, 2.45) is 0 Å². The summed E-state index contributed by atoms with van der Waals surface area (Å²) >= 11 is 0. The minimum absolute atomic E-state index is 0.0447. The summed E-state index contributed by atoms with van der Waals surface area (Å²) in [5.74, 6) is -0.694. The first-order valence-electron chi connectivity index (χ1n) is 11.3. The molecule has 8 heteroatoms. The summed E-state index contributed by atoms with van der Waals surface area (Å²) in [4.78, 5) is 33.8. The highest BCUT2D eigenvalue weighted by Crippen LogP contribution is 2.29. The number of H-pyrrole nitrogens is 1. The molecule has 33 heavy (non-hydrogen) atoms. The first-order valence-corrected chi connectivity index (χ1v) is 11.3. The van der Waals surface area contributed by atoms with Gasteiger partial charge in [-0.1, -0.05) is 0 Å². The van der Waals surface area contributed by atoms with E-state index in [2.05, 4.69) is 15.3 Å². The fourth-order valence-electron chi connectivity index (χ4n) is 4.36. The molecule has 2 aliphatic rings. The van der Waals surface area contributed by atoms with Crippen LogP contribution in [0.4, 0.5) is 4.39 Å². The topological polar surface area (TPSA) is 87.3 Å². The highest BCUT2D eigenvalue weighted by molar-refractivity contribution is 5.97. The van der Waals surface area contributed by atoms with Gasteiger partial charge in [0.1, 0.15) is 0 Å². The van der Waals surface area contributed by atoms with Crippen LogP contribution < -0.4 is 10.1 Å². The minimum atomic E-state index is -0.543. The van der Waals surface area contributed by atoms with Crippen molar-refractivity contribution in [3.05, 3.63) is 59.7 Å². The Kier molecular flexibility index (Phi) is 5.81. The Balaban J connectivity index is 1.31. The van der Waals surface area contributed by atoms with Crippen molar-refractivity contribution in [3.8, 4) is 28.3 Å². The summed E-state index contributed by atoms with van der Waals surface area (Å²) < 4.78 is 20.2. The second-order valence-electron chi connectivity index (χ2n) is 8.39. The number of likely N-dealkylation sites (tertiary alicyclic amines) is 1. The average molecular weight is 448 g/mol. The number of rotatable bonds is 5. The summed E-state index contributed by atoms with van der Waals surface area (Å²) in [5, 5.41) is 2.84. The molecule has 2 amide bonds. The van der Waals surface area contributed by atoms with Gasteiger partial charge in [-0.25, -0.2) is 4.39 Å². The summed E-state index contributed by atoms with van der Waals surface area (Å²) in [5.41, 5.74) is 4.44. The maximum absolute atomic E-state index is 14.7. The Bertz CT molecular complexity index is 1200. The number of nitrogens with zero attached hydrogens (tertiary/aromatic N) is 2. The van der Waals surface area contributed by atoms with Gasteiger partial charge in [0.2, 0.25) is 0 Å². The van der Waals surface area contributed by atoms with Crippen molar-refractivity contribution < 1.29 is 18.7 Å². The first-order chi connectivity index (χ1) is 16.1. The molecule has 2 aromatic heterocycles. The lowest BCUT2D eigenvalue weighted by Crippen LogP contribution is -2.38. The zero-order chi connectivity index (χ0) is 22.8. The Morgan fingerprint density at radius 3 is 2.73 bits per heavy atom. The van der Waals surface area contributed by atoms with Gasteiger partial charge < -0.3 is 19.9 Å². The predicted octanol–water partition coefficient (Wildman–Crippen LogP) is 3.56. The Morgan fingerprint density at radius 1 is 1.09 bits per heavy atom. The number of benzene rings is 1. The van der Waals surface area contributed by atoms with Gasteiger partial charge in [-0.15, -0.1) is 0 Å². The van der Waals surface area contributed by atoms with Crippen LogP contribution in [-0.2, 0) is 11.2 Å². The molecule has 0 bridgehead atoms. The number of amides is 2. The summed E-state index contributed by atoms with van der Waals surface area (Å²) in [6.07, 6.45) is 5.55. The molecular weight excluding hydrogens is 423 g/mol. The van der Waals surface area contributed by atoms with Gasteiger partial charge in [-0.3, -0.25) is 14.6 Å². The molecule has 2 N–H and O–H groups in total. The van der Waals surface area contributed by atoms with Gasteiger partial charge >= 0.3 is 0 Å². The van der Waals surface area contributed by atoms with Crippen molar-refractivity contribution in [3.63, 3.8) is 0 Å². The summed E-state index contributed by atoms with van der Waals surface area (Å²) in [7, 11) is 0. The van der Waals surface area contributed by atoms with Crippen LogP contribution in [0, 0.1) is 5.82 Å². The molecule has 7 nitrogen and oxygen atoms in total. The molecular formula is C25H25FN4O3. The molecule has 0 saturated carbocycles. The van der Waals surface area contributed by atoms with Gasteiger partial charge in [-0.2, -0.15) is 0 Å². The zero-order valence-electron chi connectivity index (χ0n) is 18.2. The van der Waals surface area contributed by atoms with E-state index < -0.39 is 5.82 Å². The molecule has 0 radical (unpaired) electrons. The second kappa shape index (κ2) is 9.05. The van der Waals surface area contributed by atoms with Crippen LogP contribution in [0.5, 0.6) is 5.75 Å². The van der Waals surface area contributed by atoms with E-state index in [4.69, 9.17) is 4.74 Å². The van der Waals surface area contributed by atoms with E-state index >= 15 is 0 Å². The van der Waals surface area contributed by atoms with E-state index in [0.717, 1.165) is 55.7 Å². The number of carbonyl (C=O) groups is 2. The largest absolute Gasteiger partial charge is 0.481 e. The van der Waals surface area contributed by atoms with Crippen molar-refractivity contribution in [1.29, 1.82) is 0 Å². The third-order valence-corrected chi connectivity index (χ3v) is 6.16. The van der Waals surface area contributed by atoms with Crippen LogP contribution >= 0.6 is 0 Å². The maximum Gasteiger partial charge on any atom is 0.260 e. The summed E-state index contributed by atoms with van der Waals surface area (Å²) in [6.45, 7) is 1.92. The number of hydrogen-bond acceptors (Lipinski definition) is 4. The number of aromatic amines is 1. The van der Waals surface area contributed by atoms with E-state index in [1.54, 1.807) is 17.2 Å². The molecule has 0 atom stereocenters. The quantitative estimate of drug-likeness (QED) is 0.625. The lowest BCUT2D eigenvalue weighted by atomic mass is 10.1. The Hall–Kier alpha value is -3.68. The Morgan fingerprint density at radius 2 is 1.94 bits per heavy atom. The molecule has 170 valence electrons. The first kappa shape index (κ1) is 21.2. The van der Waals surface area contributed by atoms with Gasteiger partial charge in [-0.05, 0) is 55.7 Å². The highest BCUT2D eigenvalue weighted by atomic mass is 19.1. The lowest BCUT2D eigenvalue weighted by Gasteiger charge is -2.26. The Labute approximate surface area is 191 Å². The number of hydrogen-bond donors (Lipinski definition) is 2. The third kappa shape index (κ3) is 4.46. The number of carbonyl (C=O) groups excluding carboxylic acids is 2. The normalized spacial score (nSPS) is 15.7. The van der Waals surface area contributed by atoms with Crippen molar-refractivity contribution in [2.75, 3.05) is 26.2 Å². The molecule has 1 fully saturated rings. The van der Waals surface area contributed by atoms with E-state index in [-0.39, 0.29) is 24.2 Å². The van der Waals surface area contributed by atoms with Crippen molar-refractivity contribution in [1.82, 2.24) is 20.2 Å². The van der Waals surface area contributed by atoms with Crippen LogP contribution in [0.1, 0.15) is 35.3 Å². The van der Waals surface area contributed by atoms with Crippen LogP contribution in [0.3, 0.4) is 0 Å². The standard InChI is InChI=1S/C25H25FN4O3/c26-19-12-16(4-5-23(19)33-15-24(31)30-10-2-1-3-11-30)21-13-17(6-8-27-21)22-14-18-20(29-22)7-9-28-25(18)32/h4-6,8,12-14,29H,1-3,7,9-11,15H2,(H,28,32). The van der Waals surface area contributed by atoms with Crippen LogP contribution in [-0.4, -0.2) is 52.9 Å². The molecule has 5 rings (SSSR count). The number of halogens is 1. The van der Waals surface area contributed by atoms with E-state index in [9.17, 15) is 14.0 Å². The number of aromatic nitrogens is 2. The fourth-order valence-corrected chi connectivity index (χ4v) is 4.36. The zero-order valence-corrected chi connectivity index (χ0v) is 18.2. The smallest absolute Gasteiger partial charge is 0.260 e. The van der Waals surface area contributed by atoms with Crippen LogP contribution in [0.25, 0.3) is 22.5 Å². The van der Waals surface area contributed by atoms with Crippen molar-refractivity contribution >= 4 is 11.8 Å². The lowest BCUT2D eigenvalue weighted by molar-refractivity contribution is -0.134. The molecule has 2 aliphatic heterocycles. The van der Waals surface area contributed by atoms with Gasteiger partial charge in [0.25, 0.3) is 11.8 Å². The third-order valence-electron chi connectivity index (χ3n) is 6.16. The molecule has 3 aromatic rings. The van der Waals surface area contributed by atoms with E-state index in [1.807, 2.05) is 18.2 Å². The summed E-state index contributed by atoms with van der Waals surface area (Å²) in [6, 6.07) is 10.1. The molecule has 0 spiro atoms. The number of nitrogens with one attached hydrogen (secondary N) is 2. The molecule has 0 aliphatic carbocycles. The molecule has 0 unspecified atom stereocenters. The molecule has 1 saturated heterocycles. The molecule has 4 heterocycles. The van der Waals surface area contributed by atoms with Gasteiger partial charge in [0.15, 0.2) is 18.2 Å². The monoisotopic (exact) mass is 448 g/mol. The van der Waals surface area contributed by atoms with E-state index in [0.29, 0.717) is 23.4 Å². The average Bonchev–Trinajstić information content (AvgIpc) is 3.30. The van der Waals surface area contributed by atoms with Crippen LogP contribution in [0.2, 0.25) is 0 Å². The highest BCUT2D eigenvalue weighted by Gasteiger charge is 2.21. The number of fused-ring (bicyclic) bond motifs is 1. The maximum atomic E-state index is 14.7. The number of pyridine rings is 1.